The summed E-state index contributed by atoms with van der Waals surface area (Å²) in [6.45, 7) is 0. The Morgan fingerprint density at radius 2 is 0.667 bits per heavy atom. The lowest BCUT2D eigenvalue weighted by atomic mass is 9.91. The molecule has 0 fully saturated rings. The second-order valence-electron chi connectivity index (χ2n) is 6.63. The lowest BCUT2D eigenvalue weighted by Crippen LogP contribution is -2.76. The fourth-order valence-corrected chi connectivity index (χ4v) is 3.91. The normalized spacial score (nSPS) is 18.2. The summed E-state index contributed by atoms with van der Waals surface area (Å²) in [6, 6.07) is 0. The molecule has 39 heavy (non-hydrogen) atoms. The summed E-state index contributed by atoms with van der Waals surface area (Å²) in [5, 5.41) is -16.1. The molecule has 0 aromatic heterocycles. The van der Waals surface area contributed by atoms with E-state index in [2.05, 4.69) is 0 Å². The van der Waals surface area contributed by atoms with Gasteiger partial charge in [-0.25, -0.2) is 8.42 Å². The van der Waals surface area contributed by atoms with Gasteiger partial charge < -0.3 is 0 Å². The van der Waals surface area contributed by atoms with Crippen molar-refractivity contribution in [2.24, 2.45) is 0 Å². The molecule has 0 saturated heterocycles. The summed E-state index contributed by atoms with van der Waals surface area (Å²) in [7, 11) is -17.0. The fraction of sp³-hybridized carbons (Fsp3) is 1.00. The summed E-state index contributed by atoms with van der Waals surface area (Å²) in [5.41, 5.74) is 0. The predicted octanol–water partition coefficient (Wildman–Crippen LogP) is 4.95. The van der Waals surface area contributed by atoms with Gasteiger partial charge in [0, 0.05) is 0 Å². The zero-order valence-corrected chi connectivity index (χ0v) is 18.0. The van der Waals surface area contributed by atoms with Crippen LogP contribution in [0.1, 0.15) is 0 Å². The Balaban J connectivity index is 7.26. The second-order valence-corrected chi connectivity index (χ2v) is 9.87. The highest BCUT2D eigenvalue weighted by molar-refractivity contribution is 7.92. The Hall–Kier alpha value is -1.65. The summed E-state index contributed by atoms with van der Waals surface area (Å²) < 4.78 is 322. The van der Waals surface area contributed by atoms with Gasteiger partial charge in [0.1, 0.15) is 0 Å². The van der Waals surface area contributed by atoms with Crippen LogP contribution in [0.25, 0.3) is 0 Å². The molecule has 0 aromatic rings. The van der Waals surface area contributed by atoms with E-state index in [1.807, 2.05) is 0 Å². The van der Waals surface area contributed by atoms with Crippen molar-refractivity contribution < 1.29 is 114 Å². The summed E-state index contributed by atoms with van der Waals surface area (Å²) >= 11 is 0. The highest BCUT2D eigenvalue weighted by atomic mass is 32.2. The monoisotopic (exact) mass is 679 g/mol. The Morgan fingerprint density at radius 1 is 0.410 bits per heavy atom. The van der Waals surface area contributed by atoms with Gasteiger partial charge in [0.25, 0.3) is 10.0 Å². The number of nitrogens with one attached hydrogen (secondary N) is 1. The molecule has 29 heteroatoms. The average molecular weight is 679 g/mol. The van der Waals surface area contributed by atoms with E-state index in [4.69, 9.17) is 4.55 Å². The van der Waals surface area contributed by atoms with Crippen molar-refractivity contribution in [3.8, 4) is 0 Å². The maximum atomic E-state index is 13.6. The van der Waals surface area contributed by atoms with Crippen molar-refractivity contribution in [3.05, 3.63) is 0 Å². The highest BCUT2D eigenvalue weighted by Gasteiger charge is 2.96. The van der Waals surface area contributed by atoms with E-state index in [9.17, 15) is 109 Å². The number of rotatable bonds is 10. The van der Waals surface area contributed by atoms with Gasteiger partial charge in [0.2, 0.25) is 0 Å². The van der Waals surface area contributed by atoms with Crippen molar-refractivity contribution in [3.63, 3.8) is 0 Å². The molecular weight excluding hydrogens is 677 g/mol. The van der Waals surface area contributed by atoms with Crippen LogP contribution in [-0.4, -0.2) is 79.7 Å². The third-order valence-electron chi connectivity index (χ3n) is 4.02. The molecule has 0 rings (SSSR count). The molecule has 0 spiro atoms. The van der Waals surface area contributed by atoms with Crippen LogP contribution in [0.3, 0.4) is 0 Å². The molecule has 0 heterocycles. The lowest BCUT2D eigenvalue weighted by Gasteiger charge is -2.42. The molecule has 0 radical (unpaired) electrons. The van der Waals surface area contributed by atoms with E-state index in [1.54, 1.807) is 0 Å². The molecule has 0 saturated carbocycles. The van der Waals surface area contributed by atoms with Gasteiger partial charge in [0.05, 0.1) is 0 Å². The van der Waals surface area contributed by atoms with Gasteiger partial charge in [-0.3, -0.25) is 4.55 Å². The number of alkyl halides is 21. The first-order valence-electron chi connectivity index (χ1n) is 7.68. The standard InChI is InChI=1S/C10H2F21NO5S2/c11-1(12,3(15,16)5(19,20)7(23,24)25)2(13,14)4(17,18)6(21,22)9(29,30)38(33,34)32-10(31,8(26,27)28)39(35,36)37/h32H,(H,35,36,37). The second kappa shape index (κ2) is 8.92. The fourth-order valence-electron chi connectivity index (χ4n) is 1.81. The molecule has 0 aliphatic rings. The van der Waals surface area contributed by atoms with Crippen molar-refractivity contribution >= 4 is 20.1 Å². The summed E-state index contributed by atoms with van der Waals surface area (Å²) in [6.07, 6.45) is -15.7. The Bertz CT molecular complexity index is 1150. The largest absolute Gasteiger partial charge is 0.460 e. The van der Waals surface area contributed by atoms with Crippen LogP contribution >= 0.6 is 0 Å². The Morgan fingerprint density at radius 3 is 0.897 bits per heavy atom. The SMILES string of the molecule is O=S(=O)(O)C(F)(NS(=O)(=O)C(F)(F)C(F)(F)C(F)(F)C(F)(F)C(F)(F)C(F)(F)C(F)(F)C(F)(F)F)C(F)(F)F. The predicted molar refractivity (Wildman–Crippen MR) is 74.2 cm³/mol. The minimum Gasteiger partial charge on any atom is -0.282 e. The zero-order valence-electron chi connectivity index (χ0n) is 16.3. The number of halogens is 21. The van der Waals surface area contributed by atoms with Gasteiger partial charge in [-0.15, -0.1) is 0 Å². The quantitative estimate of drug-likeness (QED) is 0.194. The first-order chi connectivity index (χ1) is 16.2. The van der Waals surface area contributed by atoms with Gasteiger partial charge in [-0.05, 0) is 0 Å². The maximum absolute atomic E-state index is 13.6. The molecular formula is C10H2F21NO5S2. The number of sulfonamides is 1. The third-order valence-corrected chi connectivity index (χ3v) is 6.67. The van der Waals surface area contributed by atoms with Crippen LogP contribution in [0, 0.1) is 0 Å². The molecule has 236 valence electrons. The highest BCUT2D eigenvalue weighted by Crippen LogP contribution is 2.64. The van der Waals surface area contributed by atoms with Crippen LogP contribution < -0.4 is 4.72 Å². The van der Waals surface area contributed by atoms with Crippen molar-refractivity contribution in [2.75, 3.05) is 0 Å². The Labute approximate surface area is 197 Å². The van der Waals surface area contributed by atoms with E-state index in [0.29, 0.717) is 0 Å². The van der Waals surface area contributed by atoms with Crippen LogP contribution in [-0.2, 0) is 20.1 Å². The van der Waals surface area contributed by atoms with E-state index in [0.717, 1.165) is 0 Å². The van der Waals surface area contributed by atoms with E-state index in [-0.39, 0.29) is 0 Å². The summed E-state index contributed by atoms with van der Waals surface area (Å²) in [5.74, 6) is -54.6. The van der Waals surface area contributed by atoms with Crippen LogP contribution in [0.4, 0.5) is 92.2 Å². The van der Waals surface area contributed by atoms with Crippen molar-refractivity contribution in [2.45, 2.75) is 58.3 Å². The first kappa shape index (κ1) is 37.4. The molecule has 1 unspecified atom stereocenters. The van der Waals surface area contributed by atoms with Crippen LogP contribution in [0.2, 0.25) is 0 Å². The van der Waals surface area contributed by atoms with E-state index >= 15 is 0 Å². The molecule has 0 aromatic carbocycles. The minimum absolute atomic E-state index is 1.74. The topological polar surface area (TPSA) is 101 Å². The lowest BCUT2D eigenvalue weighted by molar-refractivity contribution is -0.458. The molecule has 0 amide bonds. The number of hydrogen-bond donors (Lipinski definition) is 2. The zero-order chi connectivity index (χ0) is 32.7. The number of hydrogen-bond acceptors (Lipinski definition) is 4. The Kier molecular flexibility index (Phi) is 8.55. The molecule has 0 aliphatic carbocycles. The molecule has 2 N–H and O–H groups in total. The van der Waals surface area contributed by atoms with E-state index < -0.39 is 83.1 Å². The van der Waals surface area contributed by atoms with Crippen molar-refractivity contribution in [1.82, 2.24) is 4.72 Å². The first-order valence-corrected chi connectivity index (χ1v) is 10.6. The molecule has 0 aliphatic heterocycles. The van der Waals surface area contributed by atoms with Crippen molar-refractivity contribution in [1.29, 1.82) is 0 Å². The average Bonchev–Trinajstić information content (AvgIpc) is 2.63. The van der Waals surface area contributed by atoms with E-state index in [1.165, 1.54) is 0 Å². The third kappa shape index (κ3) is 4.82. The van der Waals surface area contributed by atoms with Gasteiger partial charge in [0.15, 0.2) is 0 Å². The van der Waals surface area contributed by atoms with Crippen LogP contribution in [0.5, 0.6) is 0 Å². The summed E-state index contributed by atoms with van der Waals surface area (Å²) in [4.78, 5) is 0. The maximum Gasteiger partial charge on any atom is 0.460 e. The molecule has 0 bridgehead atoms. The van der Waals surface area contributed by atoms with Gasteiger partial charge >= 0.3 is 68.4 Å². The smallest absolute Gasteiger partial charge is 0.282 e. The molecule has 6 nitrogen and oxygen atoms in total. The minimum atomic E-state index is -9.35. The van der Waals surface area contributed by atoms with Gasteiger partial charge in [-0.2, -0.15) is 105 Å². The van der Waals surface area contributed by atoms with Gasteiger partial charge in [-0.1, -0.05) is 0 Å². The molecule has 1 atom stereocenters. The van der Waals surface area contributed by atoms with Crippen LogP contribution in [0.15, 0.2) is 0 Å².